The third-order valence-corrected chi connectivity index (χ3v) is 16.6. The number of unbranched alkanes of at least 4 members (excludes halogenated alkanes) is 20. The summed E-state index contributed by atoms with van der Waals surface area (Å²) in [6.45, 7) is 9.21. The summed E-state index contributed by atoms with van der Waals surface area (Å²) in [5, 5.41) is 0. The molecule has 6 rings (SSSR count). The molecule has 0 amide bonds. The zero-order valence-corrected chi connectivity index (χ0v) is 46.2. The predicted octanol–water partition coefficient (Wildman–Crippen LogP) is 19.7. The van der Waals surface area contributed by atoms with Crippen LogP contribution in [0.25, 0.3) is 0 Å². The fourth-order valence-corrected chi connectivity index (χ4v) is 11.9. The molecule has 71 heavy (non-hydrogen) atoms. The Kier molecular flexibility index (Phi) is 27.1. The molecule has 0 aliphatic heterocycles. The SMILES string of the molecule is CCCCCCCCCCc1cnc([C@H]2CC[C@H](Cc3cc(CCCCCC)ccc3Oc3ccc(CCCCCC)cc3C[C@H]3CC[C@H](c4ncc(CCCCCCCCCC)cn4)CC3)CC2)nc1. The first-order valence-corrected chi connectivity index (χ1v) is 30.6. The van der Waals surface area contributed by atoms with Crippen molar-refractivity contribution in [3.63, 3.8) is 0 Å². The van der Waals surface area contributed by atoms with E-state index in [1.807, 2.05) is 0 Å². The molecule has 0 radical (unpaired) electrons. The number of nitrogens with zero attached hydrogens (tertiary/aromatic N) is 4. The lowest BCUT2D eigenvalue weighted by atomic mass is 9.78. The molecule has 2 aliphatic rings. The van der Waals surface area contributed by atoms with Gasteiger partial charge in [0.25, 0.3) is 0 Å². The lowest BCUT2D eigenvalue weighted by molar-refractivity contribution is 0.312. The van der Waals surface area contributed by atoms with Crippen LogP contribution < -0.4 is 4.74 Å². The second-order valence-corrected chi connectivity index (χ2v) is 22.8. The zero-order chi connectivity index (χ0) is 49.6. The lowest BCUT2D eigenvalue weighted by Crippen LogP contribution is -2.18. The van der Waals surface area contributed by atoms with E-state index >= 15 is 0 Å². The van der Waals surface area contributed by atoms with Crippen LogP contribution in [0.2, 0.25) is 0 Å². The van der Waals surface area contributed by atoms with Gasteiger partial charge in [-0.05, 0) is 173 Å². The Morgan fingerprint density at radius 1 is 0.352 bits per heavy atom. The van der Waals surface area contributed by atoms with Crippen LogP contribution in [0, 0.1) is 11.8 Å². The Hall–Kier alpha value is -3.60. The maximum absolute atomic E-state index is 7.21. The van der Waals surface area contributed by atoms with Crippen molar-refractivity contribution < 1.29 is 4.74 Å². The molecule has 0 N–H and O–H groups in total. The predicted molar refractivity (Wildman–Crippen MR) is 302 cm³/mol. The molecule has 0 unspecified atom stereocenters. The average molecular weight is 968 g/mol. The van der Waals surface area contributed by atoms with Crippen LogP contribution in [0.4, 0.5) is 0 Å². The minimum atomic E-state index is 0.476. The highest BCUT2D eigenvalue weighted by Gasteiger charge is 2.28. The van der Waals surface area contributed by atoms with Crippen molar-refractivity contribution in [1.29, 1.82) is 0 Å². The lowest BCUT2D eigenvalue weighted by Gasteiger charge is -2.29. The summed E-state index contributed by atoms with van der Waals surface area (Å²) in [5.41, 5.74) is 8.37. The zero-order valence-electron chi connectivity index (χ0n) is 46.2. The van der Waals surface area contributed by atoms with Crippen molar-refractivity contribution >= 4 is 0 Å². The smallest absolute Gasteiger partial charge is 0.131 e. The summed E-state index contributed by atoms with van der Waals surface area (Å²) in [6, 6.07) is 14.4. The van der Waals surface area contributed by atoms with E-state index < -0.39 is 0 Å². The van der Waals surface area contributed by atoms with Gasteiger partial charge in [0.05, 0.1) is 0 Å². The first-order chi connectivity index (χ1) is 35.0. The van der Waals surface area contributed by atoms with E-state index in [0.29, 0.717) is 23.7 Å². The Balaban J connectivity index is 1.05. The van der Waals surface area contributed by atoms with Crippen molar-refractivity contribution in [2.75, 3.05) is 0 Å². The second kappa shape index (κ2) is 34.0. The van der Waals surface area contributed by atoms with E-state index in [0.717, 1.165) is 61.7 Å². The standard InChI is InChI=1S/C66H102N4O/c1-5-9-13-17-19-21-23-27-31-57-49-67-65(68-50-57)59-39-33-55(34-40-59)47-61-45-53(29-25-15-11-7-3)37-43-63(61)71-64-44-38-54(30-26-16-12-8-4)46-62(64)48-56-35-41-60(42-36-56)66-69-51-58(52-70-66)32-28-24-22-20-18-14-10-6-2/h37-38,43-46,49-52,55-56,59-60H,5-36,39-42,47-48H2,1-4H3/t55-,56-,59-,60-. The van der Waals surface area contributed by atoms with Gasteiger partial charge < -0.3 is 4.74 Å². The fourth-order valence-electron chi connectivity index (χ4n) is 11.9. The number of hydrogen-bond acceptors (Lipinski definition) is 5. The van der Waals surface area contributed by atoms with Crippen LogP contribution in [0.1, 0.15) is 290 Å². The van der Waals surface area contributed by atoms with Crippen molar-refractivity contribution in [2.24, 2.45) is 11.8 Å². The fraction of sp³-hybridized carbons (Fsp3) is 0.697. The minimum Gasteiger partial charge on any atom is -0.457 e. The van der Waals surface area contributed by atoms with Gasteiger partial charge in [0, 0.05) is 36.6 Å². The molecular formula is C66H102N4O. The number of aromatic nitrogens is 4. The molecule has 2 aromatic heterocycles. The van der Waals surface area contributed by atoms with E-state index in [2.05, 4.69) is 88.9 Å². The summed E-state index contributed by atoms with van der Waals surface area (Å²) in [5.74, 6) is 6.55. The second-order valence-electron chi connectivity index (χ2n) is 22.8. The van der Waals surface area contributed by atoms with E-state index in [1.54, 1.807) is 0 Å². The van der Waals surface area contributed by atoms with Crippen LogP contribution in [-0.2, 0) is 38.5 Å². The maximum atomic E-state index is 7.21. The monoisotopic (exact) mass is 967 g/mol. The van der Waals surface area contributed by atoms with Crippen LogP contribution >= 0.6 is 0 Å². The average Bonchev–Trinajstić information content (AvgIpc) is 3.40. The van der Waals surface area contributed by atoms with E-state index in [4.69, 9.17) is 24.7 Å². The molecule has 2 saturated carbocycles. The molecule has 5 heteroatoms. The van der Waals surface area contributed by atoms with Crippen molar-refractivity contribution in [2.45, 2.75) is 284 Å². The summed E-state index contributed by atoms with van der Waals surface area (Å²) in [4.78, 5) is 19.8. The summed E-state index contributed by atoms with van der Waals surface area (Å²) >= 11 is 0. The van der Waals surface area contributed by atoms with Crippen LogP contribution in [0.5, 0.6) is 11.5 Å². The normalized spacial score (nSPS) is 18.3. The van der Waals surface area contributed by atoms with Gasteiger partial charge in [-0.1, -0.05) is 180 Å². The van der Waals surface area contributed by atoms with E-state index in [9.17, 15) is 0 Å². The highest BCUT2D eigenvalue weighted by molar-refractivity contribution is 5.45. The molecule has 0 saturated heterocycles. The largest absolute Gasteiger partial charge is 0.457 e. The number of benzene rings is 2. The van der Waals surface area contributed by atoms with Gasteiger partial charge in [0.2, 0.25) is 0 Å². The quantitative estimate of drug-likeness (QED) is 0.0425. The summed E-state index contributed by atoms with van der Waals surface area (Å²) in [6.07, 6.45) is 56.9. The Morgan fingerprint density at radius 2 is 0.648 bits per heavy atom. The van der Waals surface area contributed by atoms with E-state index in [-0.39, 0.29) is 0 Å². The highest BCUT2D eigenvalue weighted by Crippen LogP contribution is 2.41. The number of aryl methyl sites for hydroxylation is 4. The van der Waals surface area contributed by atoms with Gasteiger partial charge in [0.15, 0.2) is 0 Å². The number of hydrogen-bond donors (Lipinski definition) is 0. The number of rotatable bonds is 36. The van der Waals surface area contributed by atoms with Gasteiger partial charge in [-0.25, -0.2) is 19.9 Å². The van der Waals surface area contributed by atoms with Crippen molar-refractivity contribution in [1.82, 2.24) is 19.9 Å². The first-order valence-electron chi connectivity index (χ1n) is 30.6. The molecule has 0 atom stereocenters. The molecule has 0 spiro atoms. The molecule has 0 bridgehead atoms. The van der Waals surface area contributed by atoms with Gasteiger partial charge in [0.1, 0.15) is 23.1 Å². The van der Waals surface area contributed by atoms with Gasteiger partial charge >= 0.3 is 0 Å². The summed E-state index contributed by atoms with van der Waals surface area (Å²) < 4.78 is 7.21. The summed E-state index contributed by atoms with van der Waals surface area (Å²) in [7, 11) is 0. The molecule has 2 aromatic carbocycles. The first kappa shape index (κ1) is 56.7. The molecule has 2 heterocycles. The van der Waals surface area contributed by atoms with Crippen molar-refractivity contribution in [3.8, 4) is 11.5 Å². The molecular weight excluding hydrogens is 865 g/mol. The molecule has 392 valence electrons. The third-order valence-electron chi connectivity index (χ3n) is 16.6. The third kappa shape index (κ3) is 21.0. The van der Waals surface area contributed by atoms with Gasteiger partial charge in [-0.3, -0.25) is 0 Å². The Morgan fingerprint density at radius 3 is 0.986 bits per heavy atom. The molecule has 2 fully saturated rings. The Labute approximate surface area is 435 Å². The van der Waals surface area contributed by atoms with Crippen LogP contribution in [-0.4, -0.2) is 19.9 Å². The molecule has 4 aromatic rings. The maximum Gasteiger partial charge on any atom is 0.131 e. The van der Waals surface area contributed by atoms with Crippen LogP contribution in [0.15, 0.2) is 61.2 Å². The van der Waals surface area contributed by atoms with Crippen LogP contribution in [0.3, 0.4) is 0 Å². The van der Waals surface area contributed by atoms with Crippen molar-refractivity contribution in [3.05, 3.63) is 106 Å². The van der Waals surface area contributed by atoms with Gasteiger partial charge in [-0.15, -0.1) is 0 Å². The Bertz CT molecular complexity index is 1830. The van der Waals surface area contributed by atoms with E-state index in [1.165, 1.54) is 239 Å². The molecule has 5 nitrogen and oxygen atoms in total. The topological polar surface area (TPSA) is 60.8 Å². The van der Waals surface area contributed by atoms with Gasteiger partial charge in [-0.2, -0.15) is 0 Å². The minimum absolute atomic E-state index is 0.476. The highest BCUT2D eigenvalue weighted by atomic mass is 16.5. The number of ether oxygens (including phenoxy) is 1. The molecule has 2 aliphatic carbocycles.